The van der Waals surface area contributed by atoms with Crippen LogP contribution in [0.3, 0.4) is 0 Å². The van der Waals surface area contributed by atoms with Crippen LogP contribution in [0.2, 0.25) is 0 Å². The van der Waals surface area contributed by atoms with Gasteiger partial charge in [0.25, 0.3) is 0 Å². The van der Waals surface area contributed by atoms with E-state index in [0.29, 0.717) is 0 Å². The number of hydrogen-bond donors (Lipinski definition) is 0. The molecule has 8 heavy (non-hydrogen) atoms. The van der Waals surface area contributed by atoms with E-state index in [1.54, 1.807) is 6.92 Å². The van der Waals surface area contributed by atoms with Gasteiger partial charge in [-0.15, -0.1) is 6.61 Å². The lowest BCUT2D eigenvalue weighted by atomic mass is 10.1. The van der Waals surface area contributed by atoms with Gasteiger partial charge in [-0.3, -0.25) is 4.79 Å². The Kier molecular flexibility index (Phi) is 3.12. The summed E-state index contributed by atoms with van der Waals surface area (Å²) in [6.07, 6.45) is 1.18. The maximum absolute atomic E-state index is 10.4. The highest BCUT2D eigenvalue weighted by Gasteiger charge is 2.00. The molecule has 0 aromatic carbocycles. The fraction of sp³-hybridized carbons (Fsp3) is 0.500. The molecule has 0 aliphatic carbocycles. The van der Waals surface area contributed by atoms with Crippen LogP contribution in [0.15, 0.2) is 12.7 Å². The van der Waals surface area contributed by atoms with Crippen molar-refractivity contribution < 1.29 is 9.90 Å². The lowest BCUT2D eigenvalue weighted by molar-refractivity contribution is -0.374. The number of allylic oxidation sites excluding steroid dienone is 1. The van der Waals surface area contributed by atoms with Gasteiger partial charge in [-0.05, 0) is 6.08 Å². The first-order valence-electron chi connectivity index (χ1n) is 2.46. The molecule has 0 spiro atoms. The zero-order valence-electron chi connectivity index (χ0n) is 4.89. The first-order valence-corrected chi connectivity index (χ1v) is 2.46. The second kappa shape index (κ2) is 3.38. The van der Waals surface area contributed by atoms with E-state index in [2.05, 4.69) is 6.58 Å². The molecule has 46 valence electrons. The van der Waals surface area contributed by atoms with Crippen molar-refractivity contribution in [2.24, 2.45) is 5.92 Å². The summed E-state index contributed by atoms with van der Waals surface area (Å²) in [5, 5.41) is 9.96. The van der Waals surface area contributed by atoms with E-state index >= 15 is 0 Å². The monoisotopic (exact) mass is 113 g/mol. The molecule has 2 heteroatoms. The molecule has 0 rings (SSSR count). The van der Waals surface area contributed by atoms with Crippen LogP contribution in [0.4, 0.5) is 0 Å². The van der Waals surface area contributed by atoms with Crippen LogP contribution in [-0.4, -0.2) is 12.4 Å². The van der Waals surface area contributed by atoms with Gasteiger partial charge in [0.05, 0.1) is 0 Å². The van der Waals surface area contributed by atoms with Gasteiger partial charge >= 0.3 is 0 Å². The highest BCUT2D eigenvalue weighted by molar-refractivity contribution is 5.90. The van der Waals surface area contributed by atoms with Crippen molar-refractivity contribution in [3.63, 3.8) is 0 Å². The maximum Gasteiger partial charge on any atom is 0.156 e. The minimum atomic E-state index is -0.396. The first-order chi connectivity index (χ1) is 3.72. The Morgan fingerprint density at radius 2 is 2.50 bits per heavy atom. The minimum Gasteiger partial charge on any atom is -0.854 e. The molecule has 0 fully saturated rings. The summed E-state index contributed by atoms with van der Waals surface area (Å²) in [5.41, 5.74) is 0. The van der Waals surface area contributed by atoms with Crippen molar-refractivity contribution in [1.82, 2.24) is 0 Å². The summed E-state index contributed by atoms with van der Waals surface area (Å²) in [6.45, 7) is 4.49. The summed E-state index contributed by atoms with van der Waals surface area (Å²) in [4.78, 5) is 10.4. The highest BCUT2D eigenvalue weighted by Crippen LogP contribution is 1.92. The number of ketones is 1. The van der Waals surface area contributed by atoms with Crippen LogP contribution >= 0.6 is 0 Å². The Morgan fingerprint density at radius 1 is 2.00 bits per heavy atom. The largest absolute Gasteiger partial charge is 0.854 e. The molecule has 0 aromatic rings. The van der Waals surface area contributed by atoms with Crippen LogP contribution in [0.1, 0.15) is 6.92 Å². The van der Waals surface area contributed by atoms with Gasteiger partial charge in [0.1, 0.15) is 0 Å². The lowest BCUT2D eigenvalue weighted by Crippen LogP contribution is -2.21. The minimum absolute atomic E-state index is 0.167. The molecular formula is C6H9O2-. The van der Waals surface area contributed by atoms with Gasteiger partial charge in [-0.2, -0.15) is 0 Å². The Morgan fingerprint density at radius 3 is 2.62 bits per heavy atom. The van der Waals surface area contributed by atoms with Gasteiger partial charge in [0, 0.05) is 5.92 Å². The van der Waals surface area contributed by atoms with Crippen molar-refractivity contribution in [2.45, 2.75) is 6.92 Å². The second-order valence-electron chi connectivity index (χ2n) is 1.67. The van der Waals surface area contributed by atoms with E-state index in [-0.39, 0.29) is 12.4 Å². The van der Waals surface area contributed by atoms with E-state index in [0.717, 1.165) is 0 Å². The quantitative estimate of drug-likeness (QED) is 0.473. The predicted octanol–water partition coefficient (Wildman–Crippen LogP) is -0.262. The van der Waals surface area contributed by atoms with Gasteiger partial charge in [-0.1, -0.05) is 13.5 Å². The zero-order chi connectivity index (χ0) is 6.57. The van der Waals surface area contributed by atoms with E-state index in [1.165, 1.54) is 6.08 Å². The Labute approximate surface area is 48.8 Å². The van der Waals surface area contributed by atoms with Crippen LogP contribution in [0.25, 0.3) is 0 Å². The van der Waals surface area contributed by atoms with Crippen LogP contribution in [0.5, 0.6) is 0 Å². The third-order valence-electron chi connectivity index (χ3n) is 0.937. The molecule has 0 bridgehead atoms. The third kappa shape index (κ3) is 1.89. The molecule has 0 aliphatic heterocycles. The fourth-order valence-corrected chi connectivity index (χ4v) is 0.283. The fourth-order valence-electron chi connectivity index (χ4n) is 0.283. The van der Waals surface area contributed by atoms with Crippen LogP contribution < -0.4 is 5.11 Å². The normalized spacial score (nSPS) is 12.8. The van der Waals surface area contributed by atoms with Crippen molar-refractivity contribution in [3.05, 3.63) is 12.7 Å². The van der Waals surface area contributed by atoms with Gasteiger partial charge in [0.2, 0.25) is 0 Å². The molecule has 0 radical (unpaired) electrons. The average Bonchev–Trinajstić information content (AvgIpc) is 1.84. The standard InChI is InChI=1S/C6H9O2/c1-3-6(8)5(2)4-7/h3,5H,1,4H2,2H3/q-1. The first kappa shape index (κ1) is 7.37. The van der Waals surface area contributed by atoms with E-state index < -0.39 is 5.92 Å². The smallest absolute Gasteiger partial charge is 0.156 e. The Balaban J connectivity index is 3.62. The molecular weight excluding hydrogens is 104 g/mol. The van der Waals surface area contributed by atoms with E-state index in [9.17, 15) is 9.90 Å². The van der Waals surface area contributed by atoms with Gasteiger partial charge in [0.15, 0.2) is 5.78 Å². The molecule has 0 saturated heterocycles. The van der Waals surface area contributed by atoms with Crippen LogP contribution in [-0.2, 0) is 4.79 Å². The van der Waals surface area contributed by atoms with Crippen molar-refractivity contribution >= 4 is 5.78 Å². The average molecular weight is 113 g/mol. The molecule has 1 unspecified atom stereocenters. The SMILES string of the molecule is C=CC(=O)C(C)C[O-]. The summed E-state index contributed by atoms with van der Waals surface area (Å²) in [7, 11) is 0. The van der Waals surface area contributed by atoms with Crippen molar-refractivity contribution in [2.75, 3.05) is 6.61 Å². The molecule has 0 amide bonds. The molecule has 0 aromatic heterocycles. The van der Waals surface area contributed by atoms with Crippen molar-refractivity contribution in [3.8, 4) is 0 Å². The van der Waals surface area contributed by atoms with Gasteiger partial charge in [-0.25, -0.2) is 0 Å². The Bertz CT molecular complexity index is 96.7. The summed E-state index contributed by atoms with van der Waals surface area (Å²) in [5.74, 6) is -0.562. The predicted molar refractivity (Wildman–Crippen MR) is 29.2 cm³/mol. The summed E-state index contributed by atoms with van der Waals surface area (Å²) in [6, 6.07) is 0. The van der Waals surface area contributed by atoms with E-state index in [4.69, 9.17) is 0 Å². The second-order valence-corrected chi connectivity index (χ2v) is 1.67. The molecule has 0 heterocycles. The molecule has 2 nitrogen and oxygen atoms in total. The molecule has 0 saturated carbocycles. The zero-order valence-corrected chi connectivity index (χ0v) is 4.89. The molecule has 1 atom stereocenters. The number of hydrogen-bond acceptors (Lipinski definition) is 2. The molecule has 0 aliphatic rings. The number of rotatable bonds is 3. The summed E-state index contributed by atoms with van der Waals surface area (Å²) >= 11 is 0. The Hall–Kier alpha value is -0.630. The van der Waals surface area contributed by atoms with E-state index in [1.807, 2.05) is 0 Å². The van der Waals surface area contributed by atoms with Crippen molar-refractivity contribution in [1.29, 1.82) is 0 Å². The maximum atomic E-state index is 10.4. The molecule has 0 N–H and O–H groups in total. The third-order valence-corrected chi connectivity index (χ3v) is 0.937. The number of carbonyl (C=O) groups excluding carboxylic acids is 1. The summed E-state index contributed by atoms with van der Waals surface area (Å²) < 4.78 is 0. The number of carbonyl (C=O) groups is 1. The highest BCUT2D eigenvalue weighted by atomic mass is 16.3. The van der Waals surface area contributed by atoms with Gasteiger partial charge < -0.3 is 5.11 Å². The lowest BCUT2D eigenvalue weighted by Gasteiger charge is -2.08. The van der Waals surface area contributed by atoms with Crippen LogP contribution in [0, 0.1) is 5.92 Å². The topological polar surface area (TPSA) is 40.1 Å².